The molecule has 0 spiro atoms. The minimum absolute atomic E-state index is 0.429. The molecule has 17 heavy (non-hydrogen) atoms. The second kappa shape index (κ2) is 5.47. The summed E-state index contributed by atoms with van der Waals surface area (Å²) in [7, 11) is 1.95. The quantitative estimate of drug-likeness (QED) is 0.883. The summed E-state index contributed by atoms with van der Waals surface area (Å²) in [6, 6.07) is 4.68. The largest absolute Gasteiger partial charge is 0.309 e. The van der Waals surface area contributed by atoms with Crippen LogP contribution >= 0.6 is 11.3 Å². The van der Waals surface area contributed by atoms with Gasteiger partial charge in [-0.1, -0.05) is 0 Å². The van der Waals surface area contributed by atoms with Crippen LogP contribution < -0.4 is 5.32 Å². The lowest BCUT2D eigenvalue weighted by atomic mass is 10.2. The second-order valence-electron chi connectivity index (χ2n) is 4.37. The normalized spacial score (nSPS) is 12.9. The van der Waals surface area contributed by atoms with Crippen molar-refractivity contribution < 1.29 is 0 Å². The maximum absolute atomic E-state index is 4.37. The highest BCUT2D eigenvalue weighted by atomic mass is 32.1. The predicted octanol–water partition coefficient (Wildman–Crippen LogP) is 2.68. The summed E-state index contributed by atoms with van der Waals surface area (Å²) in [6.45, 7) is 5.36. The summed E-state index contributed by atoms with van der Waals surface area (Å²) < 4.78 is 1.85. The van der Waals surface area contributed by atoms with Crippen LogP contribution in [-0.4, -0.2) is 16.3 Å². The molecule has 0 saturated carbocycles. The summed E-state index contributed by atoms with van der Waals surface area (Å²) in [5, 5.41) is 10.1. The highest BCUT2D eigenvalue weighted by Crippen LogP contribution is 2.23. The maximum atomic E-state index is 4.37. The Balaban J connectivity index is 1.81. The van der Waals surface area contributed by atoms with Crippen molar-refractivity contribution in [1.29, 1.82) is 0 Å². The number of aryl methyl sites for hydroxylation is 2. The van der Waals surface area contributed by atoms with Crippen LogP contribution in [0.1, 0.15) is 29.1 Å². The van der Waals surface area contributed by atoms with Crippen LogP contribution in [0.2, 0.25) is 0 Å². The van der Waals surface area contributed by atoms with E-state index in [9.17, 15) is 0 Å². The van der Waals surface area contributed by atoms with Crippen LogP contribution in [0.5, 0.6) is 0 Å². The van der Waals surface area contributed by atoms with Gasteiger partial charge in [-0.3, -0.25) is 4.68 Å². The molecule has 0 aliphatic rings. The average Bonchev–Trinajstić information content (AvgIpc) is 2.87. The van der Waals surface area contributed by atoms with E-state index in [-0.39, 0.29) is 0 Å². The molecule has 0 fully saturated rings. The summed E-state index contributed by atoms with van der Waals surface area (Å²) in [6.07, 6.45) is 2.97. The Hall–Kier alpha value is -1.13. The van der Waals surface area contributed by atoms with E-state index in [0.29, 0.717) is 6.04 Å². The van der Waals surface area contributed by atoms with Crippen molar-refractivity contribution in [3.63, 3.8) is 0 Å². The molecule has 0 amide bonds. The van der Waals surface area contributed by atoms with Crippen molar-refractivity contribution in [3.8, 4) is 0 Å². The smallest absolute Gasteiger partial charge is 0.0637 e. The standard InChI is InChI=1S/C13H19N3S/c1-10-6-9-17-13(10)11(2)14-7-4-12-5-8-16(3)15-12/h5-6,8-9,11,14H,4,7H2,1-3H3. The second-order valence-corrected chi connectivity index (χ2v) is 5.32. The molecule has 0 radical (unpaired) electrons. The molecule has 2 heterocycles. The van der Waals surface area contributed by atoms with Gasteiger partial charge in [-0.25, -0.2) is 0 Å². The first-order valence-electron chi connectivity index (χ1n) is 5.92. The van der Waals surface area contributed by atoms with Gasteiger partial charge in [-0.05, 0) is 36.9 Å². The molecule has 92 valence electrons. The molecule has 0 saturated heterocycles. The van der Waals surface area contributed by atoms with E-state index in [1.807, 2.05) is 29.3 Å². The van der Waals surface area contributed by atoms with Gasteiger partial charge >= 0.3 is 0 Å². The van der Waals surface area contributed by atoms with Crippen molar-refractivity contribution in [3.05, 3.63) is 39.8 Å². The number of hydrogen-bond donors (Lipinski definition) is 1. The predicted molar refractivity (Wildman–Crippen MR) is 72.4 cm³/mol. The molecule has 1 N–H and O–H groups in total. The Labute approximate surface area is 106 Å². The summed E-state index contributed by atoms with van der Waals surface area (Å²) in [5.74, 6) is 0. The lowest BCUT2D eigenvalue weighted by molar-refractivity contribution is 0.576. The number of hydrogen-bond acceptors (Lipinski definition) is 3. The molecule has 0 aliphatic carbocycles. The van der Waals surface area contributed by atoms with Gasteiger partial charge < -0.3 is 5.32 Å². The van der Waals surface area contributed by atoms with Gasteiger partial charge in [0.25, 0.3) is 0 Å². The highest BCUT2D eigenvalue weighted by Gasteiger charge is 2.08. The molecular formula is C13H19N3S. The molecule has 2 rings (SSSR count). The van der Waals surface area contributed by atoms with Crippen molar-refractivity contribution in [1.82, 2.24) is 15.1 Å². The topological polar surface area (TPSA) is 29.9 Å². The van der Waals surface area contributed by atoms with E-state index >= 15 is 0 Å². The molecule has 3 nitrogen and oxygen atoms in total. The van der Waals surface area contributed by atoms with Crippen LogP contribution in [0.3, 0.4) is 0 Å². The van der Waals surface area contributed by atoms with Crippen LogP contribution in [0.15, 0.2) is 23.7 Å². The van der Waals surface area contributed by atoms with Gasteiger partial charge in [0.05, 0.1) is 5.69 Å². The van der Waals surface area contributed by atoms with Gasteiger partial charge in [-0.2, -0.15) is 5.10 Å². The third kappa shape index (κ3) is 3.17. The Morgan fingerprint density at radius 1 is 1.47 bits per heavy atom. The molecular weight excluding hydrogens is 230 g/mol. The molecule has 0 aromatic carbocycles. The van der Waals surface area contributed by atoms with E-state index < -0.39 is 0 Å². The van der Waals surface area contributed by atoms with Crippen molar-refractivity contribution >= 4 is 11.3 Å². The first-order chi connectivity index (χ1) is 8.16. The zero-order chi connectivity index (χ0) is 12.3. The van der Waals surface area contributed by atoms with Gasteiger partial charge in [0.15, 0.2) is 0 Å². The molecule has 0 bridgehead atoms. The Morgan fingerprint density at radius 2 is 2.29 bits per heavy atom. The molecule has 2 aromatic rings. The van der Waals surface area contributed by atoms with Crippen LogP contribution in [-0.2, 0) is 13.5 Å². The molecule has 1 unspecified atom stereocenters. The Kier molecular flexibility index (Phi) is 3.97. The Morgan fingerprint density at radius 3 is 2.88 bits per heavy atom. The monoisotopic (exact) mass is 249 g/mol. The van der Waals surface area contributed by atoms with Gasteiger partial charge in [0, 0.05) is 37.1 Å². The molecule has 1 atom stereocenters. The minimum Gasteiger partial charge on any atom is -0.309 e. The van der Waals surface area contributed by atoms with Crippen molar-refractivity contribution in [2.24, 2.45) is 7.05 Å². The SMILES string of the molecule is Cc1ccsc1C(C)NCCc1ccn(C)n1. The third-order valence-corrected chi connectivity index (χ3v) is 4.10. The fraction of sp³-hybridized carbons (Fsp3) is 0.462. The number of nitrogens with one attached hydrogen (secondary N) is 1. The van der Waals surface area contributed by atoms with Crippen molar-refractivity contribution in [2.45, 2.75) is 26.3 Å². The fourth-order valence-electron chi connectivity index (χ4n) is 1.93. The zero-order valence-electron chi connectivity index (χ0n) is 10.6. The summed E-state index contributed by atoms with van der Waals surface area (Å²) >= 11 is 1.83. The van der Waals surface area contributed by atoms with E-state index in [2.05, 4.69) is 41.8 Å². The fourth-order valence-corrected chi connectivity index (χ4v) is 2.89. The highest BCUT2D eigenvalue weighted by molar-refractivity contribution is 7.10. The first kappa shape index (κ1) is 12.3. The van der Waals surface area contributed by atoms with E-state index in [1.54, 1.807) is 0 Å². The Bertz CT molecular complexity index is 472. The minimum atomic E-state index is 0.429. The molecule has 2 aromatic heterocycles. The maximum Gasteiger partial charge on any atom is 0.0637 e. The number of thiophene rings is 1. The number of aromatic nitrogens is 2. The average molecular weight is 249 g/mol. The van der Waals surface area contributed by atoms with E-state index in [0.717, 1.165) is 18.7 Å². The van der Waals surface area contributed by atoms with Gasteiger partial charge in [0.1, 0.15) is 0 Å². The summed E-state index contributed by atoms with van der Waals surface area (Å²) in [4.78, 5) is 1.44. The molecule has 0 aliphatic heterocycles. The van der Waals surface area contributed by atoms with Crippen LogP contribution in [0.4, 0.5) is 0 Å². The van der Waals surface area contributed by atoms with Gasteiger partial charge in [0.2, 0.25) is 0 Å². The molecule has 4 heteroatoms. The van der Waals surface area contributed by atoms with Gasteiger partial charge in [-0.15, -0.1) is 11.3 Å². The number of rotatable bonds is 5. The van der Waals surface area contributed by atoms with E-state index in [4.69, 9.17) is 0 Å². The zero-order valence-corrected chi connectivity index (χ0v) is 11.4. The van der Waals surface area contributed by atoms with Crippen molar-refractivity contribution in [2.75, 3.05) is 6.54 Å². The first-order valence-corrected chi connectivity index (χ1v) is 6.80. The lowest BCUT2D eigenvalue weighted by Gasteiger charge is -2.12. The third-order valence-electron chi connectivity index (χ3n) is 2.90. The summed E-state index contributed by atoms with van der Waals surface area (Å²) in [5.41, 5.74) is 2.53. The lowest BCUT2D eigenvalue weighted by Crippen LogP contribution is -2.21. The van der Waals surface area contributed by atoms with Crippen LogP contribution in [0, 0.1) is 6.92 Å². The number of nitrogens with zero attached hydrogens (tertiary/aromatic N) is 2. The van der Waals surface area contributed by atoms with E-state index in [1.165, 1.54) is 10.4 Å². The van der Waals surface area contributed by atoms with Crippen LogP contribution in [0.25, 0.3) is 0 Å².